The fourth-order valence-corrected chi connectivity index (χ4v) is 3.77. The Balaban J connectivity index is 1.77. The van der Waals surface area contributed by atoms with Crippen molar-refractivity contribution in [3.05, 3.63) is 24.0 Å². The maximum Gasteiger partial charge on any atom is 0.121 e. The standard InChI is InChI=1S/C17H21ClN2O/c1-21-13-4-5-14-15(10-13)20(16(19-14)6-9-18)11-17(7-8-17)12-2-3-12/h4-5,10,12H,2-3,6-9,11H2,1H3. The highest BCUT2D eigenvalue weighted by Crippen LogP contribution is 2.62. The molecule has 0 bridgehead atoms. The quantitative estimate of drug-likeness (QED) is 0.754. The fourth-order valence-electron chi connectivity index (χ4n) is 3.60. The van der Waals surface area contributed by atoms with E-state index in [4.69, 9.17) is 21.3 Å². The third-order valence-corrected chi connectivity index (χ3v) is 5.35. The first-order valence-corrected chi connectivity index (χ1v) is 8.38. The SMILES string of the molecule is COc1ccc2nc(CCCl)n(CC3(C4CC4)CC3)c2c1. The predicted molar refractivity (Wildman–Crippen MR) is 85.1 cm³/mol. The summed E-state index contributed by atoms with van der Waals surface area (Å²) in [5.41, 5.74) is 2.81. The molecule has 112 valence electrons. The lowest BCUT2D eigenvalue weighted by molar-refractivity contribution is 0.369. The molecule has 1 heterocycles. The molecular formula is C17H21ClN2O. The van der Waals surface area contributed by atoms with Gasteiger partial charge in [-0.05, 0) is 49.1 Å². The summed E-state index contributed by atoms with van der Waals surface area (Å²) in [7, 11) is 1.72. The average Bonchev–Trinajstić information content (AvgIpc) is 3.38. The van der Waals surface area contributed by atoms with Crippen LogP contribution in [0.15, 0.2) is 18.2 Å². The van der Waals surface area contributed by atoms with Gasteiger partial charge in [0.2, 0.25) is 0 Å². The van der Waals surface area contributed by atoms with Crippen LogP contribution in [-0.4, -0.2) is 22.5 Å². The topological polar surface area (TPSA) is 27.1 Å². The summed E-state index contributed by atoms with van der Waals surface area (Å²) in [5, 5.41) is 0. The van der Waals surface area contributed by atoms with Crippen molar-refractivity contribution in [3.63, 3.8) is 0 Å². The highest BCUT2D eigenvalue weighted by molar-refractivity contribution is 6.17. The second-order valence-electron chi connectivity index (χ2n) is 6.54. The van der Waals surface area contributed by atoms with E-state index in [2.05, 4.69) is 16.7 Å². The molecule has 21 heavy (non-hydrogen) atoms. The van der Waals surface area contributed by atoms with Gasteiger partial charge in [-0.3, -0.25) is 0 Å². The molecule has 2 aromatic rings. The van der Waals surface area contributed by atoms with E-state index in [0.29, 0.717) is 11.3 Å². The minimum absolute atomic E-state index is 0.553. The van der Waals surface area contributed by atoms with Gasteiger partial charge in [0.1, 0.15) is 11.6 Å². The summed E-state index contributed by atoms with van der Waals surface area (Å²) in [4.78, 5) is 4.79. The van der Waals surface area contributed by atoms with Crippen LogP contribution in [0.2, 0.25) is 0 Å². The minimum atomic E-state index is 0.553. The van der Waals surface area contributed by atoms with Gasteiger partial charge in [-0.15, -0.1) is 11.6 Å². The molecule has 0 radical (unpaired) electrons. The van der Waals surface area contributed by atoms with E-state index < -0.39 is 0 Å². The maximum atomic E-state index is 5.98. The van der Waals surface area contributed by atoms with E-state index in [1.54, 1.807) is 7.11 Å². The summed E-state index contributed by atoms with van der Waals surface area (Å²) in [5.74, 6) is 3.60. The Hall–Kier alpha value is -1.22. The Morgan fingerprint density at radius 3 is 2.81 bits per heavy atom. The van der Waals surface area contributed by atoms with Gasteiger partial charge in [0.25, 0.3) is 0 Å². The number of ether oxygens (including phenoxy) is 1. The highest BCUT2D eigenvalue weighted by Gasteiger charge is 2.54. The zero-order chi connectivity index (χ0) is 14.4. The number of nitrogens with zero attached hydrogens (tertiary/aromatic N) is 2. The van der Waals surface area contributed by atoms with Crippen LogP contribution in [0, 0.1) is 11.3 Å². The number of aromatic nitrogens is 2. The van der Waals surface area contributed by atoms with Crippen molar-refractivity contribution >= 4 is 22.6 Å². The van der Waals surface area contributed by atoms with Crippen LogP contribution < -0.4 is 4.74 Å². The van der Waals surface area contributed by atoms with Gasteiger partial charge in [0, 0.05) is 24.9 Å². The number of hydrogen-bond acceptors (Lipinski definition) is 2. The normalized spacial score (nSPS) is 19.9. The van der Waals surface area contributed by atoms with Crippen LogP contribution >= 0.6 is 11.6 Å². The molecule has 0 N–H and O–H groups in total. The van der Waals surface area contributed by atoms with Crippen molar-refractivity contribution < 1.29 is 4.74 Å². The Morgan fingerprint density at radius 2 is 2.19 bits per heavy atom. The highest BCUT2D eigenvalue weighted by atomic mass is 35.5. The Bertz CT molecular complexity index is 671. The first kappa shape index (κ1) is 13.4. The van der Waals surface area contributed by atoms with E-state index in [1.165, 1.54) is 31.2 Å². The number of benzene rings is 1. The minimum Gasteiger partial charge on any atom is -0.497 e. The summed E-state index contributed by atoms with van der Waals surface area (Å²) in [6.45, 7) is 1.10. The van der Waals surface area contributed by atoms with Crippen molar-refractivity contribution in [1.29, 1.82) is 0 Å². The third-order valence-electron chi connectivity index (χ3n) is 5.16. The summed E-state index contributed by atoms with van der Waals surface area (Å²) < 4.78 is 7.79. The molecule has 4 rings (SSSR count). The molecule has 0 atom stereocenters. The molecule has 2 saturated carbocycles. The number of halogens is 1. The monoisotopic (exact) mass is 304 g/mol. The second kappa shape index (κ2) is 4.91. The molecule has 1 aromatic heterocycles. The molecule has 0 amide bonds. The zero-order valence-corrected chi connectivity index (χ0v) is 13.2. The van der Waals surface area contributed by atoms with Gasteiger partial charge in [-0.2, -0.15) is 0 Å². The molecule has 2 aliphatic carbocycles. The number of fused-ring (bicyclic) bond motifs is 1. The smallest absolute Gasteiger partial charge is 0.121 e. The molecule has 0 aliphatic heterocycles. The molecule has 3 nitrogen and oxygen atoms in total. The van der Waals surface area contributed by atoms with E-state index in [0.717, 1.165) is 36.0 Å². The Labute approximate surface area is 130 Å². The van der Waals surface area contributed by atoms with Crippen molar-refractivity contribution in [2.75, 3.05) is 13.0 Å². The largest absolute Gasteiger partial charge is 0.497 e. The first-order chi connectivity index (χ1) is 10.3. The summed E-state index contributed by atoms with van der Waals surface area (Å²) in [6.07, 6.45) is 6.42. The van der Waals surface area contributed by atoms with Crippen molar-refractivity contribution in [2.24, 2.45) is 11.3 Å². The van der Waals surface area contributed by atoms with Crippen LogP contribution in [0.1, 0.15) is 31.5 Å². The molecule has 0 spiro atoms. The predicted octanol–water partition coefficient (Wildman–Crippen LogP) is 4.02. The van der Waals surface area contributed by atoms with Crippen molar-refractivity contribution in [3.8, 4) is 5.75 Å². The van der Waals surface area contributed by atoms with E-state index in [1.807, 2.05) is 6.07 Å². The van der Waals surface area contributed by atoms with Crippen LogP contribution in [0.5, 0.6) is 5.75 Å². The van der Waals surface area contributed by atoms with Gasteiger partial charge in [0.15, 0.2) is 0 Å². The van der Waals surface area contributed by atoms with Crippen LogP contribution in [-0.2, 0) is 13.0 Å². The van der Waals surface area contributed by atoms with E-state index >= 15 is 0 Å². The Kier molecular flexibility index (Phi) is 3.14. The third kappa shape index (κ3) is 2.32. The van der Waals surface area contributed by atoms with Crippen LogP contribution in [0.3, 0.4) is 0 Å². The molecule has 0 saturated heterocycles. The van der Waals surface area contributed by atoms with E-state index in [9.17, 15) is 0 Å². The molecule has 1 aromatic carbocycles. The summed E-state index contributed by atoms with van der Waals surface area (Å²) >= 11 is 5.98. The van der Waals surface area contributed by atoms with E-state index in [-0.39, 0.29) is 0 Å². The van der Waals surface area contributed by atoms with Gasteiger partial charge in [-0.25, -0.2) is 4.98 Å². The fraction of sp³-hybridized carbons (Fsp3) is 0.588. The number of alkyl halides is 1. The first-order valence-electron chi connectivity index (χ1n) is 7.85. The lowest BCUT2D eigenvalue weighted by Gasteiger charge is -2.18. The number of imidazole rings is 1. The van der Waals surface area contributed by atoms with Crippen LogP contribution in [0.25, 0.3) is 11.0 Å². The number of methoxy groups -OCH3 is 1. The molecule has 2 fully saturated rings. The number of aryl methyl sites for hydroxylation is 1. The second-order valence-corrected chi connectivity index (χ2v) is 6.92. The van der Waals surface area contributed by atoms with Crippen LogP contribution in [0.4, 0.5) is 0 Å². The zero-order valence-electron chi connectivity index (χ0n) is 12.4. The molecular weight excluding hydrogens is 284 g/mol. The van der Waals surface area contributed by atoms with Crippen molar-refractivity contribution in [1.82, 2.24) is 9.55 Å². The lowest BCUT2D eigenvalue weighted by Crippen LogP contribution is -2.16. The molecule has 4 heteroatoms. The molecule has 0 unspecified atom stereocenters. The van der Waals surface area contributed by atoms with Gasteiger partial charge in [0.05, 0.1) is 18.1 Å². The lowest BCUT2D eigenvalue weighted by atomic mass is 10.0. The van der Waals surface area contributed by atoms with Gasteiger partial charge < -0.3 is 9.30 Å². The average molecular weight is 305 g/mol. The summed E-state index contributed by atoms with van der Waals surface area (Å²) in [6, 6.07) is 6.15. The van der Waals surface area contributed by atoms with Gasteiger partial charge in [-0.1, -0.05) is 0 Å². The number of hydrogen-bond donors (Lipinski definition) is 0. The maximum absolute atomic E-state index is 5.98. The van der Waals surface area contributed by atoms with Crippen molar-refractivity contribution in [2.45, 2.75) is 38.6 Å². The Morgan fingerprint density at radius 1 is 1.38 bits per heavy atom. The molecule has 2 aliphatic rings. The number of rotatable bonds is 6. The van der Waals surface area contributed by atoms with Gasteiger partial charge >= 0.3 is 0 Å².